The first-order chi connectivity index (χ1) is 8.17. The maximum atomic E-state index is 4.82. The Morgan fingerprint density at radius 2 is 2.12 bits per heavy atom. The van der Waals surface area contributed by atoms with Gasteiger partial charge in [-0.1, -0.05) is 25.6 Å². The number of thioether (sulfide) groups is 1. The van der Waals surface area contributed by atoms with Crippen LogP contribution in [0.4, 0.5) is 5.69 Å². The normalized spacial score (nSPS) is 17.9. The van der Waals surface area contributed by atoms with E-state index in [0.29, 0.717) is 0 Å². The van der Waals surface area contributed by atoms with Gasteiger partial charge in [-0.25, -0.2) is 0 Å². The minimum atomic E-state index is 0.143. The zero-order valence-corrected chi connectivity index (χ0v) is 11.5. The molecule has 0 atom stereocenters. The Bertz CT molecular complexity index is 424. The van der Waals surface area contributed by atoms with Crippen LogP contribution in [0.5, 0.6) is 0 Å². The highest BCUT2D eigenvalue weighted by molar-refractivity contribution is 8.14. The molecule has 92 valence electrons. The molecule has 3 nitrogen and oxygen atoms in total. The lowest BCUT2D eigenvalue weighted by atomic mass is 9.97. The lowest BCUT2D eigenvalue weighted by Crippen LogP contribution is -2.24. The summed E-state index contributed by atoms with van der Waals surface area (Å²) in [7, 11) is 0. The van der Waals surface area contributed by atoms with Crippen molar-refractivity contribution in [3.63, 3.8) is 0 Å². The number of aliphatic imine (C=N–C) groups is 1. The predicted molar refractivity (Wildman–Crippen MR) is 75.8 cm³/mol. The number of aromatic nitrogens is 1. The van der Waals surface area contributed by atoms with Crippen LogP contribution in [-0.2, 0) is 0 Å². The number of hydrogen-bond donors (Lipinski definition) is 1. The summed E-state index contributed by atoms with van der Waals surface area (Å²) in [6.45, 7) is 6.47. The standard InChI is InChI=1S/C13H19N3S/c1-4-13(5-2)9-17-12(16-13)15-11-6-10(3)7-14-8-11/h6-8H,4-5,9H2,1-3H3,(H,15,16). The predicted octanol–water partition coefficient (Wildman–Crippen LogP) is 3.46. The van der Waals surface area contributed by atoms with Crippen molar-refractivity contribution in [3.05, 3.63) is 24.0 Å². The van der Waals surface area contributed by atoms with E-state index in [1.165, 1.54) is 0 Å². The molecular weight excluding hydrogens is 230 g/mol. The van der Waals surface area contributed by atoms with Crippen LogP contribution in [0, 0.1) is 6.92 Å². The monoisotopic (exact) mass is 249 g/mol. The Balaban J connectivity index is 2.11. The van der Waals surface area contributed by atoms with Gasteiger partial charge >= 0.3 is 0 Å². The molecule has 0 spiro atoms. The van der Waals surface area contributed by atoms with E-state index in [9.17, 15) is 0 Å². The van der Waals surface area contributed by atoms with E-state index in [0.717, 1.165) is 35.0 Å². The largest absolute Gasteiger partial charge is 0.334 e. The average Bonchev–Trinajstić information content (AvgIpc) is 2.73. The van der Waals surface area contributed by atoms with E-state index in [1.54, 1.807) is 0 Å². The summed E-state index contributed by atoms with van der Waals surface area (Å²) in [4.78, 5) is 9.00. The van der Waals surface area contributed by atoms with Gasteiger partial charge in [0.2, 0.25) is 0 Å². The molecule has 0 amide bonds. The molecule has 0 saturated carbocycles. The highest BCUT2D eigenvalue weighted by Gasteiger charge is 2.32. The second-order valence-corrected chi connectivity index (χ2v) is 5.48. The first-order valence-corrected chi connectivity index (χ1v) is 7.07. The molecule has 17 heavy (non-hydrogen) atoms. The van der Waals surface area contributed by atoms with Crippen molar-refractivity contribution in [1.82, 2.24) is 4.98 Å². The fourth-order valence-electron chi connectivity index (χ4n) is 1.91. The molecule has 0 fully saturated rings. The van der Waals surface area contributed by atoms with Crippen molar-refractivity contribution < 1.29 is 0 Å². The lowest BCUT2D eigenvalue weighted by molar-refractivity contribution is 0.456. The Labute approximate surface area is 107 Å². The number of nitrogens with one attached hydrogen (secondary N) is 1. The number of anilines is 1. The molecule has 1 aliphatic rings. The Kier molecular flexibility index (Phi) is 3.72. The summed E-state index contributed by atoms with van der Waals surface area (Å²) in [6, 6.07) is 2.09. The summed E-state index contributed by atoms with van der Waals surface area (Å²) < 4.78 is 0. The molecule has 0 aromatic carbocycles. The van der Waals surface area contributed by atoms with Gasteiger partial charge in [0, 0.05) is 11.9 Å². The number of amidine groups is 1. The number of rotatable bonds is 3. The Morgan fingerprint density at radius 1 is 1.35 bits per heavy atom. The fourth-order valence-corrected chi connectivity index (χ4v) is 3.23. The van der Waals surface area contributed by atoms with Crippen LogP contribution in [0.2, 0.25) is 0 Å². The van der Waals surface area contributed by atoms with E-state index >= 15 is 0 Å². The summed E-state index contributed by atoms with van der Waals surface area (Å²) in [5.41, 5.74) is 2.33. The quantitative estimate of drug-likeness (QED) is 0.891. The van der Waals surface area contributed by atoms with E-state index in [-0.39, 0.29) is 5.54 Å². The van der Waals surface area contributed by atoms with Crippen LogP contribution in [0.3, 0.4) is 0 Å². The van der Waals surface area contributed by atoms with Gasteiger partial charge in [-0.3, -0.25) is 9.98 Å². The maximum Gasteiger partial charge on any atom is 0.161 e. The minimum absolute atomic E-state index is 0.143. The van der Waals surface area contributed by atoms with Crippen molar-refractivity contribution in [1.29, 1.82) is 0 Å². The summed E-state index contributed by atoms with van der Waals surface area (Å²) >= 11 is 1.81. The zero-order chi connectivity index (χ0) is 12.3. The van der Waals surface area contributed by atoms with E-state index in [4.69, 9.17) is 4.99 Å². The first-order valence-electron chi connectivity index (χ1n) is 6.09. The zero-order valence-electron chi connectivity index (χ0n) is 10.7. The van der Waals surface area contributed by atoms with Crippen LogP contribution < -0.4 is 5.32 Å². The van der Waals surface area contributed by atoms with Gasteiger partial charge in [0.1, 0.15) is 0 Å². The third-order valence-electron chi connectivity index (χ3n) is 3.26. The van der Waals surface area contributed by atoms with Crippen molar-refractivity contribution in [2.24, 2.45) is 4.99 Å². The molecule has 1 N–H and O–H groups in total. The van der Waals surface area contributed by atoms with E-state index < -0.39 is 0 Å². The SMILES string of the molecule is CCC1(CC)CSC(Nc2cncc(C)c2)=N1. The second-order valence-electron chi connectivity index (χ2n) is 4.51. The van der Waals surface area contributed by atoms with Gasteiger partial charge in [0.25, 0.3) is 0 Å². The molecule has 2 heterocycles. The highest BCUT2D eigenvalue weighted by atomic mass is 32.2. The maximum absolute atomic E-state index is 4.82. The molecule has 0 radical (unpaired) electrons. The number of aryl methyl sites for hydroxylation is 1. The first kappa shape index (κ1) is 12.4. The molecule has 4 heteroatoms. The van der Waals surface area contributed by atoms with Gasteiger partial charge in [-0.2, -0.15) is 0 Å². The van der Waals surface area contributed by atoms with Gasteiger partial charge in [0.05, 0.1) is 17.4 Å². The minimum Gasteiger partial charge on any atom is -0.334 e. The Hall–Kier alpha value is -1.03. The third-order valence-corrected chi connectivity index (χ3v) is 4.41. The Morgan fingerprint density at radius 3 is 2.71 bits per heavy atom. The van der Waals surface area contributed by atoms with Crippen LogP contribution in [0.1, 0.15) is 32.3 Å². The number of pyridine rings is 1. The fraction of sp³-hybridized carbons (Fsp3) is 0.538. The van der Waals surface area contributed by atoms with E-state index in [2.05, 4.69) is 30.2 Å². The van der Waals surface area contributed by atoms with Gasteiger partial charge in [-0.05, 0) is 31.4 Å². The van der Waals surface area contributed by atoms with E-state index in [1.807, 2.05) is 31.1 Å². The summed E-state index contributed by atoms with van der Waals surface area (Å²) in [6.07, 6.45) is 5.91. The van der Waals surface area contributed by atoms with Gasteiger partial charge in [0.15, 0.2) is 5.17 Å². The molecule has 0 aliphatic carbocycles. The van der Waals surface area contributed by atoms with Crippen molar-refractivity contribution in [2.75, 3.05) is 11.1 Å². The lowest BCUT2D eigenvalue weighted by Gasteiger charge is -2.20. The molecule has 2 rings (SSSR count). The second kappa shape index (κ2) is 5.08. The summed E-state index contributed by atoms with van der Waals surface area (Å²) in [5.74, 6) is 1.08. The van der Waals surface area contributed by atoms with Crippen molar-refractivity contribution in [2.45, 2.75) is 39.2 Å². The van der Waals surface area contributed by atoms with Crippen LogP contribution in [-0.4, -0.2) is 21.4 Å². The van der Waals surface area contributed by atoms with Crippen LogP contribution in [0.25, 0.3) is 0 Å². The molecule has 0 saturated heterocycles. The van der Waals surface area contributed by atoms with Crippen LogP contribution >= 0.6 is 11.8 Å². The molecule has 1 aromatic heterocycles. The molecule has 0 bridgehead atoms. The highest BCUT2D eigenvalue weighted by Crippen LogP contribution is 2.33. The molecular formula is C13H19N3S. The molecule has 1 aromatic rings. The molecule has 1 aliphatic heterocycles. The smallest absolute Gasteiger partial charge is 0.161 e. The van der Waals surface area contributed by atoms with Gasteiger partial charge < -0.3 is 5.32 Å². The summed E-state index contributed by atoms with van der Waals surface area (Å²) in [5, 5.41) is 4.38. The van der Waals surface area contributed by atoms with Crippen molar-refractivity contribution in [3.8, 4) is 0 Å². The third kappa shape index (κ3) is 2.80. The topological polar surface area (TPSA) is 37.3 Å². The molecule has 0 unspecified atom stereocenters. The van der Waals surface area contributed by atoms with Crippen LogP contribution in [0.15, 0.2) is 23.5 Å². The van der Waals surface area contributed by atoms with Gasteiger partial charge in [-0.15, -0.1) is 0 Å². The van der Waals surface area contributed by atoms with Crippen molar-refractivity contribution >= 4 is 22.6 Å². The average molecular weight is 249 g/mol. The number of nitrogens with zero attached hydrogens (tertiary/aromatic N) is 2. The number of hydrogen-bond acceptors (Lipinski definition) is 4.